The van der Waals surface area contributed by atoms with Gasteiger partial charge in [0.1, 0.15) is 11.9 Å². The van der Waals surface area contributed by atoms with Gasteiger partial charge in [0.15, 0.2) is 10.8 Å². The zero-order chi connectivity index (χ0) is 29.8. The Balaban J connectivity index is 1.37. The van der Waals surface area contributed by atoms with E-state index < -0.39 is 53.6 Å². The maximum Gasteiger partial charge on any atom is 0.338 e. The second-order valence-electron chi connectivity index (χ2n) is 11.5. The SMILES string of the molecule is CCOC(=O)C1=C(CN2CC(F)(F)C3CN(CC4(C(=O)O)CC4)CC32)NC(c2nccs2)=N[C@H]1c1cccc(F)c1C. The highest BCUT2D eigenvalue weighted by molar-refractivity contribution is 7.11. The van der Waals surface area contributed by atoms with E-state index >= 15 is 8.78 Å². The van der Waals surface area contributed by atoms with Crippen molar-refractivity contribution in [3.05, 3.63) is 63.0 Å². The molecule has 42 heavy (non-hydrogen) atoms. The number of esters is 1. The van der Waals surface area contributed by atoms with E-state index in [-0.39, 0.29) is 31.8 Å². The lowest BCUT2D eigenvalue weighted by molar-refractivity contribution is -0.144. The standard InChI is InChI=1S/C29H32F3N5O4S/c1-3-41-26(38)22-20(34-24(25-33-9-10-42-25)35-23(22)17-5-4-6-19(30)16(17)2)12-37-15-29(31,32)18-11-36(13-21(18)37)14-28(7-8-28)27(39)40/h4-6,9-10,18,21,23H,3,7-8,11-15H2,1-2H3,(H,34,35)(H,39,40)/t18?,21?,23-/m0/s1. The molecule has 1 aliphatic carbocycles. The number of carbonyl (C=O) groups is 2. The highest BCUT2D eigenvalue weighted by Gasteiger charge is 2.60. The zero-order valence-electron chi connectivity index (χ0n) is 23.3. The number of aromatic nitrogens is 1. The lowest BCUT2D eigenvalue weighted by Crippen LogP contribution is -2.44. The topological polar surface area (TPSA) is 107 Å². The number of nitrogens with one attached hydrogen (secondary N) is 1. The van der Waals surface area contributed by atoms with Crippen molar-refractivity contribution in [2.45, 2.75) is 44.7 Å². The van der Waals surface area contributed by atoms with Gasteiger partial charge in [-0.25, -0.2) is 22.9 Å². The molecule has 0 radical (unpaired) electrons. The number of carboxylic acid groups (broad SMARTS) is 1. The Kier molecular flexibility index (Phi) is 7.38. The Hall–Kier alpha value is -3.29. The number of nitrogens with zero attached hydrogens (tertiary/aromatic N) is 4. The predicted molar refractivity (Wildman–Crippen MR) is 149 cm³/mol. The first kappa shape index (κ1) is 28.8. The summed E-state index contributed by atoms with van der Waals surface area (Å²) in [4.78, 5) is 37.8. The molecule has 3 aliphatic heterocycles. The third-order valence-electron chi connectivity index (χ3n) is 8.85. The number of alkyl halides is 2. The van der Waals surface area contributed by atoms with Crippen LogP contribution in [0.2, 0.25) is 0 Å². The molecule has 2 saturated heterocycles. The molecule has 2 unspecified atom stereocenters. The largest absolute Gasteiger partial charge is 0.481 e. The number of halogens is 3. The van der Waals surface area contributed by atoms with Gasteiger partial charge in [0.2, 0.25) is 0 Å². The number of carbonyl (C=O) groups excluding carboxylic acids is 1. The van der Waals surface area contributed by atoms with Crippen LogP contribution in [0.4, 0.5) is 13.2 Å². The van der Waals surface area contributed by atoms with Gasteiger partial charge in [-0.05, 0) is 43.9 Å². The number of aliphatic carboxylic acids is 1. The Labute approximate surface area is 245 Å². The number of thiazole rings is 1. The summed E-state index contributed by atoms with van der Waals surface area (Å²) in [5, 5.41) is 15.1. The van der Waals surface area contributed by atoms with Gasteiger partial charge in [0, 0.05) is 49.5 Å². The van der Waals surface area contributed by atoms with Crippen molar-refractivity contribution >= 4 is 29.1 Å². The molecule has 9 nitrogen and oxygen atoms in total. The number of rotatable bonds is 9. The van der Waals surface area contributed by atoms with Crippen LogP contribution >= 0.6 is 11.3 Å². The van der Waals surface area contributed by atoms with Gasteiger partial charge in [-0.1, -0.05) is 12.1 Å². The quantitative estimate of drug-likeness (QED) is 0.419. The van der Waals surface area contributed by atoms with Crippen molar-refractivity contribution in [3.63, 3.8) is 0 Å². The molecule has 1 aromatic carbocycles. The summed E-state index contributed by atoms with van der Waals surface area (Å²) in [5.41, 5.74) is 0.417. The Morgan fingerprint density at radius 3 is 2.71 bits per heavy atom. The summed E-state index contributed by atoms with van der Waals surface area (Å²) >= 11 is 1.32. The van der Waals surface area contributed by atoms with E-state index in [9.17, 15) is 19.1 Å². The minimum absolute atomic E-state index is 0.0297. The highest BCUT2D eigenvalue weighted by Crippen LogP contribution is 2.49. The van der Waals surface area contributed by atoms with Gasteiger partial charge in [0.25, 0.3) is 5.92 Å². The van der Waals surface area contributed by atoms with Gasteiger partial charge < -0.3 is 20.1 Å². The summed E-state index contributed by atoms with van der Waals surface area (Å²) in [5.74, 6) is -5.61. The Bertz CT molecular complexity index is 1460. The lowest BCUT2D eigenvalue weighted by atomic mass is 9.92. The normalized spacial score (nSPS) is 26.5. The van der Waals surface area contributed by atoms with Gasteiger partial charge in [-0.2, -0.15) is 0 Å². The number of ether oxygens (including phenoxy) is 1. The molecule has 3 atom stereocenters. The van der Waals surface area contributed by atoms with Crippen molar-refractivity contribution in [3.8, 4) is 0 Å². The number of carboxylic acids is 1. The fraction of sp³-hybridized carbons (Fsp3) is 0.517. The van der Waals surface area contributed by atoms with E-state index in [1.54, 1.807) is 42.5 Å². The first-order valence-electron chi connectivity index (χ1n) is 14.0. The summed E-state index contributed by atoms with van der Waals surface area (Å²) in [7, 11) is 0. The molecular weight excluding hydrogens is 571 g/mol. The molecule has 4 heterocycles. The monoisotopic (exact) mass is 603 g/mol. The number of fused-ring (bicyclic) bond motifs is 1. The average molecular weight is 604 g/mol. The first-order chi connectivity index (χ1) is 20.0. The Morgan fingerprint density at radius 2 is 2.05 bits per heavy atom. The van der Waals surface area contributed by atoms with E-state index in [1.807, 2.05) is 4.90 Å². The first-order valence-corrected chi connectivity index (χ1v) is 14.9. The average Bonchev–Trinajstić information content (AvgIpc) is 3.24. The van der Waals surface area contributed by atoms with Crippen molar-refractivity contribution in [1.82, 2.24) is 20.1 Å². The van der Waals surface area contributed by atoms with Crippen LogP contribution in [0, 0.1) is 24.1 Å². The van der Waals surface area contributed by atoms with Crippen LogP contribution in [0.1, 0.15) is 41.9 Å². The van der Waals surface area contributed by atoms with E-state index in [0.717, 1.165) is 0 Å². The van der Waals surface area contributed by atoms with Crippen LogP contribution in [0.15, 0.2) is 46.0 Å². The number of amidine groups is 1. The lowest BCUT2D eigenvalue weighted by Gasteiger charge is -2.32. The van der Waals surface area contributed by atoms with Crippen LogP contribution in [0.25, 0.3) is 0 Å². The molecule has 13 heteroatoms. The van der Waals surface area contributed by atoms with Crippen LogP contribution in [-0.4, -0.2) is 89.0 Å². The molecule has 0 amide bonds. The third-order valence-corrected chi connectivity index (χ3v) is 9.63. The summed E-state index contributed by atoms with van der Waals surface area (Å²) in [6.07, 6.45) is 2.71. The van der Waals surface area contributed by atoms with Crippen LogP contribution in [0.3, 0.4) is 0 Å². The molecule has 6 rings (SSSR count). The van der Waals surface area contributed by atoms with Crippen LogP contribution < -0.4 is 5.32 Å². The van der Waals surface area contributed by atoms with Gasteiger partial charge >= 0.3 is 11.9 Å². The second kappa shape index (κ2) is 10.8. The van der Waals surface area contributed by atoms with Crippen LogP contribution in [-0.2, 0) is 14.3 Å². The highest BCUT2D eigenvalue weighted by atomic mass is 32.1. The van der Waals surface area contributed by atoms with Crippen molar-refractivity contribution in [1.29, 1.82) is 0 Å². The molecule has 2 N–H and O–H groups in total. The molecule has 1 saturated carbocycles. The number of hydrogen-bond acceptors (Lipinski definition) is 9. The maximum atomic E-state index is 15.4. The molecule has 3 fully saturated rings. The zero-order valence-corrected chi connectivity index (χ0v) is 24.1. The van der Waals surface area contributed by atoms with Crippen LogP contribution in [0.5, 0.6) is 0 Å². The fourth-order valence-electron chi connectivity index (χ4n) is 6.44. The molecule has 4 aliphatic rings. The maximum absolute atomic E-state index is 15.4. The van der Waals surface area contributed by atoms with Gasteiger partial charge in [0.05, 0.1) is 30.1 Å². The summed E-state index contributed by atoms with van der Waals surface area (Å²) in [6.45, 7) is 3.48. The predicted octanol–water partition coefficient (Wildman–Crippen LogP) is 3.62. The molecule has 0 bridgehead atoms. The fourth-order valence-corrected chi connectivity index (χ4v) is 7.03. The second-order valence-corrected chi connectivity index (χ2v) is 12.4. The van der Waals surface area contributed by atoms with E-state index in [1.165, 1.54) is 17.4 Å². The number of likely N-dealkylation sites (tertiary alicyclic amines) is 2. The Morgan fingerprint density at radius 1 is 1.26 bits per heavy atom. The minimum atomic E-state index is -3.00. The van der Waals surface area contributed by atoms with Crippen molar-refractivity contribution in [2.24, 2.45) is 16.3 Å². The van der Waals surface area contributed by atoms with Gasteiger partial charge in [-0.3, -0.25) is 14.7 Å². The van der Waals surface area contributed by atoms with Gasteiger partial charge in [-0.15, -0.1) is 11.3 Å². The number of hydrogen-bond donors (Lipinski definition) is 2. The molecule has 224 valence electrons. The molecule has 1 aromatic heterocycles. The number of aliphatic imine (C=N–C) groups is 1. The summed E-state index contributed by atoms with van der Waals surface area (Å²) in [6, 6.07) is 3.08. The van der Waals surface area contributed by atoms with Crippen molar-refractivity contribution < 1.29 is 32.6 Å². The van der Waals surface area contributed by atoms with E-state index in [4.69, 9.17) is 9.73 Å². The van der Waals surface area contributed by atoms with Crippen molar-refractivity contribution in [2.75, 3.05) is 39.3 Å². The third kappa shape index (κ3) is 5.11. The minimum Gasteiger partial charge on any atom is -0.481 e. The van der Waals surface area contributed by atoms with E-state index in [2.05, 4.69) is 10.3 Å². The molecule has 0 spiro atoms. The number of benzene rings is 1. The molecular formula is C29H32F3N5O4S. The molecule has 2 aromatic rings. The smallest absolute Gasteiger partial charge is 0.338 e. The van der Waals surface area contributed by atoms with E-state index in [0.29, 0.717) is 47.1 Å². The summed E-state index contributed by atoms with van der Waals surface area (Å²) < 4.78 is 50.9.